The van der Waals surface area contributed by atoms with Crippen LogP contribution < -0.4 is 0 Å². The first kappa shape index (κ1) is 24.7. The third-order valence-electron chi connectivity index (χ3n) is 7.04. The second kappa shape index (κ2) is 10.4. The summed E-state index contributed by atoms with van der Waals surface area (Å²) in [5.41, 5.74) is 6.97. The molecule has 8 aromatic rings. The van der Waals surface area contributed by atoms with E-state index in [9.17, 15) is 0 Å². The van der Waals surface area contributed by atoms with Crippen LogP contribution in [0.1, 0.15) is 0 Å². The summed E-state index contributed by atoms with van der Waals surface area (Å²) in [6.45, 7) is 0. The first-order valence-corrected chi connectivity index (χ1v) is 15.1. The fourth-order valence-electron chi connectivity index (χ4n) is 4.87. The Morgan fingerprint density at radius 3 is 1.10 bits per heavy atom. The number of nitrogens with zero attached hydrogens (tertiary/aromatic N) is 5. The van der Waals surface area contributed by atoms with Crippen LogP contribution in [0, 0.1) is 0 Å². The number of thiazole rings is 2. The molecule has 0 N–H and O–H groups in total. The van der Waals surface area contributed by atoms with Gasteiger partial charge in [-0.25, -0.2) is 24.9 Å². The molecule has 0 atom stereocenters. The first-order valence-electron chi connectivity index (χ1n) is 13.5. The molecule has 5 aromatic carbocycles. The van der Waals surface area contributed by atoms with E-state index in [0.717, 1.165) is 48.9 Å². The van der Waals surface area contributed by atoms with Gasteiger partial charge in [0.1, 0.15) is 10.0 Å². The second-order valence-electron chi connectivity index (χ2n) is 9.80. The quantitative estimate of drug-likeness (QED) is 0.205. The van der Waals surface area contributed by atoms with E-state index in [1.807, 2.05) is 66.7 Å². The highest BCUT2D eigenvalue weighted by Crippen LogP contribution is 2.33. The van der Waals surface area contributed by atoms with Gasteiger partial charge in [-0.15, -0.1) is 22.7 Å². The highest BCUT2D eigenvalue weighted by molar-refractivity contribution is 7.22. The van der Waals surface area contributed by atoms with Crippen LogP contribution in [0.4, 0.5) is 0 Å². The predicted molar refractivity (Wildman–Crippen MR) is 173 cm³/mol. The summed E-state index contributed by atoms with van der Waals surface area (Å²) < 4.78 is 2.36. The van der Waals surface area contributed by atoms with Gasteiger partial charge < -0.3 is 0 Å². The predicted octanol–water partition coefficient (Wildman–Crippen LogP) is 9.43. The summed E-state index contributed by atoms with van der Waals surface area (Å²) in [4.78, 5) is 24.3. The fraction of sp³-hybridized carbons (Fsp3) is 0. The van der Waals surface area contributed by atoms with Crippen molar-refractivity contribution in [2.24, 2.45) is 0 Å². The highest BCUT2D eigenvalue weighted by Gasteiger charge is 2.14. The van der Waals surface area contributed by atoms with Crippen molar-refractivity contribution in [2.45, 2.75) is 0 Å². The number of para-hydroxylation sites is 2. The Hall–Kier alpha value is -5.11. The van der Waals surface area contributed by atoms with Crippen molar-refractivity contribution in [3.8, 4) is 55.3 Å². The second-order valence-corrected chi connectivity index (χ2v) is 11.9. The van der Waals surface area contributed by atoms with E-state index in [2.05, 4.69) is 60.7 Å². The Morgan fingerprint density at radius 2 is 0.667 bits per heavy atom. The number of hydrogen-bond acceptors (Lipinski definition) is 7. The monoisotopic (exact) mass is 575 g/mol. The van der Waals surface area contributed by atoms with Crippen LogP contribution in [0.25, 0.3) is 75.7 Å². The van der Waals surface area contributed by atoms with Crippen molar-refractivity contribution in [3.05, 3.63) is 127 Å². The molecular weight excluding hydrogens is 555 g/mol. The van der Waals surface area contributed by atoms with Crippen molar-refractivity contribution in [3.63, 3.8) is 0 Å². The van der Waals surface area contributed by atoms with E-state index in [-0.39, 0.29) is 0 Å². The molecule has 3 heterocycles. The van der Waals surface area contributed by atoms with E-state index >= 15 is 0 Å². The van der Waals surface area contributed by atoms with Crippen LogP contribution in [0.2, 0.25) is 0 Å². The fourth-order valence-corrected chi connectivity index (χ4v) is 6.81. The van der Waals surface area contributed by atoms with E-state index in [4.69, 9.17) is 24.9 Å². The molecule has 7 heteroatoms. The molecule has 0 aliphatic rings. The maximum atomic E-state index is 4.93. The standard InChI is InChI=1S/C35H21N5S2/c1-2-8-22(9-3-1)31-38-32(23-14-18-25(19-15-23)34-36-27-10-4-6-12-29(27)41-34)40-33(39-31)24-16-20-26(21-17-24)35-37-28-11-5-7-13-30(28)42-35/h1-21H. The average Bonchev–Trinajstić information content (AvgIpc) is 3.70. The summed E-state index contributed by atoms with van der Waals surface area (Å²) in [6, 6.07) is 43.1. The molecule has 0 aliphatic heterocycles. The van der Waals surface area contributed by atoms with Crippen LogP contribution in [0.3, 0.4) is 0 Å². The number of fused-ring (bicyclic) bond motifs is 2. The zero-order valence-electron chi connectivity index (χ0n) is 22.2. The first-order chi connectivity index (χ1) is 20.8. The third-order valence-corrected chi connectivity index (χ3v) is 9.21. The molecule has 0 radical (unpaired) electrons. The third kappa shape index (κ3) is 4.64. The molecule has 0 unspecified atom stereocenters. The maximum Gasteiger partial charge on any atom is 0.164 e. The summed E-state index contributed by atoms with van der Waals surface area (Å²) in [7, 11) is 0. The molecule has 42 heavy (non-hydrogen) atoms. The number of hydrogen-bond donors (Lipinski definition) is 0. The molecule has 0 saturated carbocycles. The summed E-state index contributed by atoms with van der Waals surface area (Å²) in [6.07, 6.45) is 0. The summed E-state index contributed by atoms with van der Waals surface area (Å²) >= 11 is 3.39. The lowest BCUT2D eigenvalue weighted by Crippen LogP contribution is -2.00. The maximum absolute atomic E-state index is 4.93. The zero-order chi connectivity index (χ0) is 27.9. The molecule has 3 aromatic heterocycles. The van der Waals surface area contributed by atoms with Crippen molar-refractivity contribution in [1.29, 1.82) is 0 Å². The SMILES string of the molecule is c1ccc(-c2nc(-c3ccc(-c4nc5ccccc5s4)cc3)nc(-c3ccc(-c4nc5ccccc5s4)cc3)n2)cc1. The lowest BCUT2D eigenvalue weighted by molar-refractivity contribution is 1.07. The topological polar surface area (TPSA) is 64.5 Å². The van der Waals surface area contributed by atoms with Crippen LogP contribution in [0.15, 0.2) is 127 Å². The van der Waals surface area contributed by atoms with E-state index < -0.39 is 0 Å². The lowest BCUT2D eigenvalue weighted by Gasteiger charge is -2.09. The van der Waals surface area contributed by atoms with Crippen LogP contribution in [-0.2, 0) is 0 Å². The smallest absolute Gasteiger partial charge is 0.164 e. The van der Waals surface area contributed by atoms with Gasteiger partial charge >= 0.3 is 0 Å². The Labute approximate surface area is 249 Å². The van der Waals surface area contributed by atoms with Gasteiger partial charge in [-0.1, -0.05) is 103 Å². The van der Waals surface area contributed by atoms with Gasteiger partial charge in [-0.3, -0.25) is 0 Å². The normalized spacial score (nSPS) is 11.3. The minimum atomic E-state index is 0.630. The van der Waals surface area contributed by atoms with Crippen LogP contribution in [0.5, 0.6) is 0 Å². The van der Waals surface area contributed by atoms with Gasteiger partial charge in [0.2, 0.25) is 0 Å². The molecule has 8 rings (SSSR count). The lowest BCUT2D eigenvalue weighted by atomic mass is 10.1. The van der Waals surface area contributed by atoms with E-state index in [1.165, 1.54) is 9.40 Å². The van der Waals surface area contributed by atoms with Gasteiger partial charge in [-0.05, 0) is 24.3 Å². The number of aromatic nitrogens is 5. The summed E-state index contributed by atoms with van der Waals surface area (Å²) in [5.74, 6) is 1.90. The molecule has 0 aliphatic carbocycles. The van der Waals surface area contributed by atoms with Gasteiger partial charge in [0, 0.05) is 27.8 Å². The molecule has 0 fully saturated rings. The number of rotatable bonds is 5. The van der Waals surface area contributed by atoms with Crippen molar-refractivity contribution in [2.75, 3.05) is 0 Å². The average molecular weight is 576 g/mol. The zero-order valence-corrected chi connectivity index (χ0v) is 23.8. The largest absolute Gasteiger partial charge is 0.236 e. The van der Waals surface area contributed by atoms with Crippen molar-refractivity contribution in [1.82, 2.24) is 24.9 Å². The molecule has 198 valence electrons. The molecule has 0 bridgehead atoms. The molecule has 5 nitrogen and oxygen atoms in total. The Bertz CT molecular complexity index is 1980. The minimum Gasteiger partial charge on any atom is -0.236 e. The van der Waals surface area contributed by atoms with Gasteiger partial charge in [0.25, 0.3) is 0 Å². The van der Waals surface area contributed by atoms with Gasteiger partial charge in [-0.2, -0.15) is 0 Å². The molecule has 0 saturated heterocycles. The molecular formula is C35H21N5S2. The summed E-state index contributed by atoms with van der Waals surface area (Å²) in [5, 5.41) is 1.99. The Kier molecular flexibility index (Phi) is 6.09. The number of benzene rings is 5. The van der Waals surface area contributed by atoms with E-state index in [1.54, 1.807) is 22.7 Å². The molecule has 0 spiro atoms. The van der Waals surface area contributed by atoms with Crippen molar-refractivity contribution >= 4 is 43.1 Å². The molecule has 0 amide bonds. The Morgan fingerprint density at radius 1 is 0.310 bits per heavy atom. The van der Waals surface area contributed by atoms with E-state index in [0.29, 0.717) is 17.5 Å². The van der Waals surface area contributed by atoms with Crippen molar-refractivity contribution < 1.29 is 0 Å². The van der Waals surface area contributed by atoms with Gasteiger partial charge in [0.15, 0.2) is 17.5 Å². The van der Waals surface area contributed by atoms with Crippen LogP contribution >= 0.6 is 22.7 Å². The van der Waals surface area contributed by atoms with Crippen LogP contribution in [-0.4, -0.2) is 24.9 Å². The Balaban J connectivity index is 1.17. The highest BCUT2D eigenvalue weighted by atomic mass is 32.1. The van der Waals surface area contributed by atoms with Gasteiger partial charge in [0.05, 0.1) is 20.4 Å². The minimum absolute atomic E-state index is 0.630.